The van der Waals surface area contributed by atoms with E-state index in [1.807, 2.05) is 0 Å². The highest BCUT2D eigenvalue weighted by Gasteiger charge is 2.27. The first-order valence-electron chi connectivity index (χ1n) is 4.41. The molecule has 0 heterocycles. The maximum atomic E-state index is 12.6. The molecule has 0 spiro atoms. The largest absolute Gasteiger partial charge is 0.297 e. The zero-order valence-corrected chi connectivity index (χ0v) is 8.54. The van der Waals surface area contributed by atoms with E-state index in [0.717, 1.165) is 19.3 Å². The van der Waals surface area contributed by atoms with Gasteiger partial charge in [0, 0.05) is 0 Å². The molecule has 1 rings (SSSR count). The van der Waals surface area contributed by atoms with Crippen LogP contribution in [0.3, 0.4) is 0 Å². The molecule has 0 radical (unpaired) electrons. The summed E-state index contributed by atoms with van der Waals surface area (Å²) < 4.78 is 23.4. The zero-order chi connectivity index (χ0) is 10.3. The number of ketones is 1. The second kappa shape index (κ2) is 6.30. The van der Waals surface area contributed by atoms with Crippen LogP contribution in [-0.4, -0.2) is 17.6 Å². The summed E-state index contributed by atoms with van der Waals surface area (Å²) in [5.74, 6) is -0.412. The normalized spacial score (nSPS) is 20.0. The van der Waals surface area contributed by atoms with Crippen LogP contribution in [0.15, 0.2) is 0 Å². The Labute approximate surface area is 82.5 Å². The number of carbonyl (C=O) groups excluding carboxylic acids is 1. The van der Waals surface area contributed by atoms with E-state index < -0.39 is 17.6 Å². The number of hydrogen-bond donors (Lipinski definition) is 0. The van der Waals surface area contributed by atoms with E-state index in [1.165, 1.54) is 6.92 Å². The van der Waals surface area contributed by atoms with Crippen molar-refractivity contribution in [1.29, 1.82) is 0 Å². The number of rotatable bonds is 1. The lowest BCUT2D eigenvalue weighted by Crippen LogP contribution is -2.17. The summed E-state index contributed by atoms with van der Waals surface area (Å²) in [6.07, 6.45) is 4.17. The van der Waals surface area contributed by atoms with E-state index in [-0.39, 0.29) is 0 Å². The van der Waals surface area contributed by atoms with Crippen LogP contribution in [0.25, 0.3) is 0 Å². The van der Waals surface area contributed by atoms with E-state index in [9.17, 15) is 13.6 Å². The van der Waals surface area contributed by atoms with Crippen molar-refractivity contribution in [2.45, 2.75) is 44.2 Å². The summed E-state index contributed by atoms with van der Waals surface area (Å²) in [6.45, 7) is 0.375. The van der Waals surface area contributed by atoms with Gasteiger partial charge in [-0.1, -0.05) is 18.0 Å². The van der Waals surface area contributed by atoms with Crippen molar-refractivity contribution in [1.82, 2.24) is 0 Å². The molecule has 0 aliphatic heterocycles. The second-order valence-electron chi connectivity index (χ2n) is 3.25. The summed E-state index contributed by atoms with van der Waals surface area (Å²) in [4.78, 5) is 9.44. The fourth-order valence-corrected chi connectivity index (χ4v) is 1.34. The van der Waals surface area contributed by atoms with Gasteiger partial charge in [-0.3, -0.25) is 4.79 Å². The monoisotopic (exact) mass is 212 g/mol. The van der Waals surface area contributed by atoms with Crippen LogP contribution in [0.1, 0.15) is 39.0 Å². The molecule has 78 valence electrons. The van der Waals surface area contributed by atoms with E-state index >= 15 is 0 Å². The minimum atomic E-state index is -1.35. The SMILES string of the molecule is CC(=O)CF.FC1(Cl)CCCCC1. The fraction of sp³-hybridized carbons (Fsp3) is 0.889. The van der Waals surface area contributed by atoms with Crippen molar-refractivity contribution in [3.05, 3.63) is 0 Å². The number of alkyl halides is 3. The molecule has 1 nitrogen and oxygen atoms in total. The number of hydrogen-bond acceptors (Lipinski definition) is 1. The van der Waals surface area contributed by atoms with Gasteiger partial charge in [0.1, 0.15) is 6.67 Å². The average Bonchev–Trinajstić information content (AvgIpc) is 2.05. The molecular weight excluding hydrogens is 198 g/mol. The minimum absolute atomic E-state index is 0.412. The predicted molar refractivity (Wildman–Crippen MR) is 49.4 cm³/mol. The molecule has 4 heteroatoms. The topological polar surface area (TPSA) is 17.1 Å². The van der Waals surface area contributed by atoms with Crippen LogP contribution < -0.4 is 0 Å². The molecule has 0 unspecified atom stereocenters. The Balaban J connectivity index is 0.000000252. The lowest BCUT2D eigenvalue weighted by atomic mass is 9.99. The van der Waals surface area contributed by atoms with Gasteiger partial charge in [-0.05, 0) is 32.6 Å². The van der Waals surface area contributed by atoms with Gasteiger partial charge in [-0.25, -0.2) is 8.78 Å². The quantitative estimate of drug-likeness (QED) is 0.609. The maximum Gasteiger partial charge on any atom is 0.183 e. The smallest absolute Gasteiger partial charge is 0.183 e. The first-order chi connectivity index (χ1) is 5.98. The van der Waals surface area contributed by atoms with Gasteiger partial charge >= 0.3 is 0 Å². The summed E-state index contributed by atoms with van der Waals surface area (Å²) in [5.41, 5.74) is 0. The van der Waals surface area contributed by atoms with Gasteiger partial charge in [0.15, 0.2) is 10.9 Å². The number of halogens is 3. The van der Waals surface area contributed by atoms with E-state index in [0.29, 0.717) is 12.8 Å². The first kappa shape index (κ1) is 12.8. The maximum absolute atomic E-state index is 12.6. The Morgan fingerprint density at radius 3 is 1.92 bits per heavy atom. The van der Waals surface area contributed by atoms with Crippen LogP contribution in [0, 0.1) is 0 Å². The Morgan fingerprint density at radius 1 is 1.38 bits per heavy atom. The van der Waals surface area contributed by atoms with Gasteiger partial charge in [0.2, 0.25) is 0 Å². The Morgan fingerprint density at radius 2 is 1.77 bits per heavy atom. The van der Waals surface area contributed by atoms with Crippen molar-refractivity contribution in [3.63, 3.8) is 0 Å². The molecule has 0 aromatic heterocycles. The van der Waals surface area contributed by atoms with Gasteiger partial charge in [-0.2, -0.15) is 0 Å². The summed E-state index contributed by atoms with van der Waals surface area (Å²) in [7, 11) is 0. The highest BCUT2D eigenvalue weighted by molar-refractivity contribution is 6.22. The first-order valence-corrected chi connectivity index (χ1v) is 4.79. The molecule has 0 atom stereocenters. The van der Waals surface area contributed by atoms with Crippen LogP contribution in [-0.2, 0) is 4.79 Å². The van der Waals surface area contributed by atoms with Crippen LogP contribution in [0.2, 0.25) is 0 Å². The summed E-state index contributed by atoms with van der Waals surface area (Å²) in [6, 6.07) is 0. The Bertz CT molecular complexity index is 152. The van der Waals surface area contributed by atoms with Gasteiger partial charge in [0.05, 0.1) is 0 Å². The lowest BCUT2D eigenvalue weighted by molar-refractivity contribution is -0.117. The van der Waals surface area contributed by atoms with E-state index in [4.69, 9.17) is 11.6 Å². The summed E-state index contributed by atoms with van der Waals surface area (Å²) in [5, 5.41) is -1.35. The third kappa shape index (κ3) is 8.16. The highest BCUT2D eigenvalue weighted by atomic mass is 35.5. The van der Waals surface area contributed by atoms with Gasteiger partial charge in [-0.15, -0.1) is 0 Å². The minimum Gasteiger partial charge on any atom is -0.297 e. The predicted octanol–water partition coefficient (Wildman–Crippen LogP) is 3.40. The molecule has 0 N–H and O–H groups in total. The Hall–Kier alpha value is -0.180. The van der Waals surface area contributed by atoms with Crippen molar-refractivity contribution < 1.29 is 13.6 Å². The second-order valence-corrected chi connectivity index (χ2v) is 3.93. The van der Waals surface area contributed by atoms with Crippen LogP contribution in [0.5, 0.6) is 0 Å². The number of Topliss-reactive ketones (excluding diaryl/α,β-unsaturated/α-hetero) is 1. The van der Waals surface area contributed by atoms with Crippen LogP contribution >= 0.6 is 11.6 Å². The summed E-state index contributed by atoms with van der Waals surface area (Å²) >= 11 is 5.41. The Kier molecular flexibility index (Phi) is 6.21. The van der Waals surface area contributed by atoms with Crippen molar-refractivity contribution in [2.75, 3.05) is 6.67 Å². The molecule has 0 amide bonds. The van der Waals surface area contributed by atoms with Crippen LogP contribution in [0.4, 0.5) is 8.78 Å². The lowest BCUT2D eigenvalue weighted by Gasteiger charge is -2.21. The average molecular weight is 213 g/mol. The van der Waals surface area contributed by atoms with Crippen molar-refractivity contribution in [2.24, 2.45) is 0 Å². The molecule has 1 fully saturated rings. The van der Waals surface area contributed by atoms with Gasteiger partial charge < -0.3 is 0 Å². The molecule has 13 heavy (non-hydrogen) atoms. The standard InChI is InChI=1S/C6H10ClF.C3H5FO/c7-6(8)4-2-1-3-5-6;1-3(5)2-4/h1-5H2;2H2,1H3. The van der Waals surface area contributed by atoms with E-state index in [2.05, 4.69) is 0 Å². The van der Waals surface area contributed by atoms with Gasteiger partial charge in [0.25, 0.3) is 0 Å². The number of carbonyl (C=O) groups is 1. The molecule has 0 bridgehead atoms. The molecule has 1 saturated carbocycles. The third-order valence-electron chi connectivity index (χ3n) is 1.77. The molecule has 1 aliphatic carbocycles. The van der Waals surface area contributed by atoms with Crippen molar-refractivity contribution >= 4 is 17.4 Å². The fourth-order valence-electron chi connectivity index (χ4n) is 1.07. The molecule has 0 aromatic rings. The molecule has 0 aromatic carbocycles. The molecule has 0 saturated heterocycles. The van der Waals surface area contributed by atoms with E-state index in [1.54, 1.807) is 0 Å². The zero-order valence-electron chi connectivity index (χ0n) is 7.78. The molecular formula is C9H15ClF2O. The van der Waals surface area contributed by atoms with Crippen molar-refractivity contribution in [3.8, 4) is 0 Å². The third-order valence-corrected chi connectivity index (χ3v) is 2.15. The highest BCUT2D eigenvalue weighted by Crippen LogP contribution is 2.34. The molecule has 1 aliphatic rings.